The van der Waals surface area contributed by atoms with Crippen LogP contribution in [-0.2, 0) is 15.6 Å². The molecule has 4 aromatic rings. The number of rotatable bonds is 10. The quantitative estimate of drug-likeness (QED) is 0.209. The first-order chi connectivity index (χ1) is 19.9. The summed E-state index contributed by atoms with van der Waals surface area (Å²) in [6.07, 6.45) is 3.59. The van der Waals surface area contributed by atoms with Crippen LogP contribution in [0.25, 0.3) is 0 Å². The van der Waals surface area contributed by atoms with Crippen molar-refractivity contribution in [2.45, 2.75) is 57.3 Å². The SMILES string of the molecule is CCC(=O)NCC1(c2ccccc2)CCN(CCC(c2ccccc2)(c2ccc(C)cc2)c2ccc(C)cc2)CC1. The van der Waals surface area contributed by atoms with Crippen LogP contribution in [0.1, 0.15) is 66.0 Å². The Morgan fingerprint density at radius 3 is 1.73 bits per heavy atom. The van der Waals surface area contributed by atoms with Gasteiger partial charge in [0.05, 0.1) is 0 Å². The molecule has 3 nitrogen and oxygen atoms in total. The fraction of sp³-hybridized carbons (Fsp3) is 0.342. The van der Waals surface area contributed by atoms with Gasteiger partial charge in [0.1, 0.15) is 0 Å². The average molecular weight is 545 g/mol. The fourth-order valence-electron chi connectivity index (χ4n) is 6.61. The number of likely N-dealkylation sites (tertiary alicyclic amines) is 1. The van der Waals surface area contributed by atoms with Gasteiger partial charge in [-0.25, -0.2) is 0 Å². The van der Waals surface area contributed by atoms with Crippen molar-refractivity contribution in [3.05, 3.63) is 143 Å². The zero-order chi connectivity index (χ0) is 28.7. The molecule has 1 fully saturated rings. The highest BCUT2D eigenvalue weighted by Gasteiger charge is 2.39. The highest BCUT2D eigenvalue weighted by Crippen LogP contribution is 2.43. The molecule has 0 saturated carbocycles. The predicted octanol–water partition coefficient (Wildman–Crippen LogP) is 7.59. The van der Waals surface area contributed by atoms with Crippen LogP contribution in [0.3, 0.4) is 0 Å². The molecule has 0 radical (unpaired) electrons. The van der Waals surface area contributed by atoms with Crippen LogP contribution in [0.2, 0.25) is 0 Å². The van der Waals surface area contributed by atoms with Crippen molar-refractivity contribution in [2.24, 2.45) is 0 Å². The van der Waals surface area contributed by atoms with Crippen LogP contribution in [-0.4, -0.2) is 37.0 Å². The van der Waals surface area contributed by atoms with Gasteiger partial charge in [0, 0.05) is 23.8 Å². The number of hydrogen-bond acceptors (Lipinski definition) is 2. The summed E-state index contributed by atoms with van der Waals surface area (Å²) >= 11 is 0. The van der Waals surface area contributed by atoms with Crippen molar-refractivity contribution >= 4 is 5.91 Å². The van der Waals surface area contributed by atoms with Crippen molar-refractivity contribution in [3.63, 3.8) is 0 Å². The summed E-state index contributed by atoms with van der Waals surface area (Å²) in [6.45, 7) is 9.99. The first-order valence-corrected chi connectivity index (χ1v) is 15.2. The highest BCUT2D eigenvalue weighted by atomic mass is 16.1. The standard InChI is InChI=1S/C38H44N2O/c1-4-36(41)39-29-37(32-11-7-5-8-12-32)23-26-40(27-24-37)28-25-38(33-13-9-6-10-14-33,34-19-15-30(2)16-20-34)35-21-17-31(3)18-22-35/h5-22H,4,23-29H2,1-3H3,(H,39,41). The Hall–Kier alpha value is -3.69. The summed E-state index contributed by atoms with van der Waals surface area (Å²) in [5.74, 6) is 0.131. The van der Waals surface area contributed by atoms with Crippen LogP contribution in [0.4, 0.5) is 0 Å². The second-order valence-electron chi connectivity index (χ2n) is 11.9. The maximum Gasteiger partial charge on any atom is 0.219 e. The number of nitrogens with one attached hydrogen (secondary N) is 1. The number of amides is 1. The van der Waals surface area contributed by atoms with Gasteiger partial charge in [0.25, 0.3) is 0 Å². The first kappa shape index (κ1) is 28.8. The van der Waals surface area contributed by atoms with Gasteiger partial charge in [-0.3, -0.25) is 4.79 Å². The van der Waals surface area contributed by atoms with Crippen LogP contribution in [0.15, 0.2) is 109 Å². The summed E-state index contributed by atoms with van der Waals surface area (Å²) < 4.78 is 0. The zero-order valence-electron chi connectivity index (χ0n) is 24.9. The van der Waals surface area contributed by atoms with E-state index in [2.05, 4.69) is 133 Å². The molecule has 41 heavy (non-hydrogen) atoms. The van der Waals surface area contributed by atoms with Gasteiger partial charge in [-0.05, 0) is 75.0 Å². The molecule has 1 aliphatic heterocycles. The van der Waals surface area contributed by atoms with Gasteiger partial charge in [-0.15, -0.1) is 0 Å². The van der Waals surface area contributed by atoms with Gasteiger partial charge < -0.3 is 10.2 Å². The van der Waals surface area contributed by atoms with Gasteiger partial charge in [0.2, 0.25) is 5.91 Å². The number of benzene rings is 4. The van der Waals surface area contributed by atoms with E-state index in [1.165, 1.54) is 33.4 Å². The molecule has 1 aliphatic rings. The molecule has 0 unspecified atom stereocenters. The van der Waals surface area contributed by atoms with Crippen molar-refractivity contribution in [3.8, 4) is 0 Å². The Balaban J connectivity index is 1.44. The maximum atomic E-state index is 12.2. The number of carbonyl (C=O) groups is 1. The zero-order valence-corrected chi connectivity index (χ0v) is 24.9. The maximum absolute atomic E-state index is 12.2. The lowest BCUT2D eigenvalue weighted by molar-refractivity contribution is -0.121. The monoisotopic (exact) mass is 544 g/mol. The van der Waals surface area contributed by atoms with Crippen LogP contribution in [0, 0.1) is 13.8 Å². The van der Waals surface area contributed by atoms with E-state index in [9.17, 15) is 4.79 Å². The Labute approximate surface area is 246 Å². The van der Waals surface area contributed by atoms with Crippen molar-refractivity contribution < 1.29 is 4.79 Å². The molecule has 1 heterocycles. The average Bonchev–Trinajstić information content (AvgIpc) is 3.03. The number of piperidine rings is 1. The molecule has 212 valence electrons. The second-order valence-corrected chi connectivity index (χ2v) is 11.9. The lowest BCUT2D eigenvalue weighted by atomic mass is 9.66. The molecular weight excluding hydrogens is 500 g/mol. The summed E-state index contributed by atoms with van der Waals surface area (Å²) in [5, 5.41) is 3.23. The molecule has 1 saturated heterocycles. The normalized spacial score (nSPS) is 15.4. The summed E-state index contributed by atoms with van der Waals surface area (Å²) in [4.78, 5) is 14.9. The molecule has 0 aliphatic carbocycles. The first-order valence-electron chi connectivity index (χ1n) is 15.2. The lowest BCUT2D eigenvalue weighted by Crippen LogP contribution is -2.49. The van der Waals surface area contributed by atoms with Gasteiger partial charge in [-0.2, -0.15) is 0 Å². The fourth-order valence-corrected chi connectivity index (χ4v) is 6.61. The van der Waals surface area contributed by atoms with Crippen molar-refractivity contribution in [2.75, 3.05) is 26.2 Å². The molecular formula is C38H44N2O. The minimum absolute atomic E-state index is 0.0208. The second kappa shape index (κ2) is 12.9. The van der Waals surface area contributed by atoms with Crippen LogP contribution >= 0.6 is 0 Å². The molecule has 0 spiro atoms. The third-order valence-corrected chi connectivity index (χ3v) is 9.30. The Morgan fingerprint density at radius 2 is 1.22 bits per heavy atom. The number of carbonyl (C=O) groups excluding carboxylic acids is 1. The summed E-state index contributed by atoms with van der Waals surface area (Å²) in [7, 11) is 0. The van der Waals surface area contributed by atoms with E-state index in [0.717, 1.165) is 38.9 Å². The topological polar surface area (TPSA) is 32.3 Å². The molecule has 4 aromatic carbocycles. The molecule has 1 amide bonds. The minimum Gasteiger partial charge on any atom is -0.355 e. The van der Waals surface area contributed by atoms with Crippen LogP contribution < -0.4 is 5.32 Å². The molecule has 0 atom stereocenters. The lowest BCUT2D eigenvalue weighted by Gasteiger charge is -2.44. The largest absolute Gasteiger partial charge is 0.355 e. The van der Waals surface area contributed by atoms with Crippen LogP contribution in [0.5, 0.6) is 0 Å². The van der Waals surface area contributed by atoms with E-state index in [1.807, 2.05) is 6.92 Å². The Bertz CT molecular complexity index is 1340. The van der Waals surface area contributed by atoms with E-state index in [0.29, 0.717) is 13.0 Å². The van der Waals surface area contributed by atoms with Crippen molar-refractivity contribution in [1.29, 1.82) is 0 Å². The van der Waals surface area contributed by atoms with Gasteiger partial charge >= 0.3 is 0 Å². The molecule has 5 rings (SSSR count). The number of hydrogen-bond donors (Lipinski definition) is 1. The molecule has 0 aromatic heterocycles. The van der Waals surface area contributed by atoms with E-state index in [-0.39, 0.29) is 16.7 Å². The van der Waals surface area contributed by atoms with Gasteiger partial charge in [-0.1, -0.05) is 127 Å². The Kier molecular flexibility index (Phi) is 9.05. The highest BCUT2D eigenvalue weighted by molar-refractivity contribution is 5.75. The van der Waals surface area contributed by atoms with Gasteiger partial charge in [0.15, 0.2) is 0 Å². The summed E-state index contributed by atoms with van der Waals surface area (Å²) in [5.41, 5.74) is 7.66. The molecule has 1 N–H and O–H groups in total. The van der Waals surface area contributed by atoms with E-state index >= 15 is 0 Å². The number of nitrogens with zero attached hydrogens (tertiary/aromatic N) is 1. The molecule has 0 bridgehead atoms. The third-order valence-electron chi connectivity index (χ3n) is 9.30. The van der Waals surface area contributed by atoms with E-state index in [1.54, 1.807) is 0 Å². The Morgan fingerprint density at radius 1 is 0.732 bits per heavy atom. The molecule has 3 heteroatoms. The minimum atomic E-state index is -0.244. The van der Waals surface area contributed by atoms with E-state index < -0.39 is 0 Å². The summed E-state index contributed by atoms with van der Waals surface area (Å²) in [6, 6.07) is 40.2. The smallest absolute Gasteiger partial charge is 0.219 e. The van der Waals surface area contributed by atoms with Crippen molar-refractivity contribution in [1.82, 2.24) is 10.2 Å². The third kappa shape index (κ3) is 6.31. The predicted molar refractivity (Wildman–Crippen MR) is 170 cm³/mol. The van der Waals surface area contributed by atoms with E-state index in [4.69, 9.17) is 0 Å². The number of aryl methyl sites for hydroxylation is 2.